The van der Waals surface area contributed by atoms with Crippen LogP contribution < -0.4 is 0 Å². The Morgan fingerprint density at radius 2 is 1.83 bits per heavy atom. The second kappa shape index (κ2) is 5.61. The van der Waals surface area contributed by atoms with E-state index in [2.05, 4.69) is 10.2 Å². The Hall–Kier alpha value is -2.37. The van der Waals surface area contributed by atoms with Crippen LogP contribution in [0.1, 0.15) is 37.0 Å². The minimum Gasteiger partial charge on any atom is -0.336 e. The van der Waals surface area contributed by atoms with E-state index >= 15 is 0 Å². The highest BCUT2D eigenvalue weighted by molar-refractivity contribution is 6.06. The van der Waals surface area contributed by atoms with E-state index in [1.54, 1.807) is 6.20 Å². The van der Waals surface area contributed by atoms with Crippen LogP contribution in [-0.2, 0) is 4.79 Å². The third kappa shape index (κ3) is 2.46. The molecular weight excluding hydrogens is 304 g/mol. The first-order chi connectivity index (χ1) is 11.6. The number of hydrogen-bond acceptors (Lipinski definition) is 3. The van der Waals surface area contributed by atoms with Crippen LogP contribution in [-0.4, -0.2) is 57.0 Å². The predicted molar refractivity (Wildman–Crippen MR) is 90.5 cm³/mol. The summed E-state index contributed by atoms with van der Waals surface area (Å²) >= 11 is 0. The molecular formula is C18H22N4O2. The van der Waals surface area contributed by atoms with Gasteiger partial charge >= 0.3 is 0 Å². The highest BCUT2D eigenvalue weighted by Crippen LogP contribution is 2.33. The van der Waals surface area contributed by atoms with E-state index in [1.165, 1.54) is 0 Å². The van der Waals surface area contributed by atoms with Gasteiger partial charge in [0.2, 0.25) is 5.91 Å². The van der Waals surface area contributed by atoms with Gasteiger partial charge in [-0.05, 0) is 38.8 Å². The van der Waals surface area contributed by atoms with E-state index in [4.69, 9.17) is 0 Å². The molecule has 1 saturated heterocycles. The Balaban J connectivity index is 1.57. The average Bonchev–Trinajstić information content (AvgIpc) is 3.32. The van der Waals surface area contributed by atoms with Crippen molar-refractivity contribution < 1.29 is 9.59 Å². The fourth-order valence-electron chi connectivity index (χ4n) is 3.59. The van der Waals surface area contributed by atoms with Crippen LogP contribution in [0.5, 0.6) is 0 Å². The molecule has 1 aromatic carbocycles. The van der Waals surface area contributed by atoms with Crippen molar-refractivity contribution in [2.45, 2.75) is 38.8 Å². The number of amides is 2. The van der Waals surface area contributed by atoms with Crippen molar-refractivity contribution in [2.75, 3.05) is 13.1 Å². The van der Waals surface area contributed by atoms with Crippen LogP contribution in [0, 0.1) is 5.92 Å². The van der Waals surface area contributed by atoms with Crippen LogP contribution in [0.3, 0.4) is 0 Å². The van der Waals surface area contributed by atoms with Crippen LogP contribution in [0.15, 0.2) is 24.4 Å². The number of carbonyl (C=O) groups is 2. The number of piperazine rings is 1. The molecule has 4 rings (SSSR count). The topological polar surface area (TPSA) is 69.3 Å². The molecule has 2 atom stereocenters. The lowest BCUT2D eigenvalue weighted by Crippen LogP contribution is -2.59. The largest absolute Gasteiger partial charge is 0.336 e. The van der Waals surface area contributed by atoms with Crippen molar-refractivity contribution in [2.24, 2.45) is 5.92 Å². The highest BCUT2D eigenvalue weighted by atomic mass is 16.2. The van der Waals surface area contributed by atoms with Crippen molar-refractivity contribution in [1.29, 1.82) is 0 Å². The second-order valence-corrected chi connectivity index (χ2v) is 7.06. The molecule has 1 aromatic heterocycles. The molecule has 126 valence electrons. The Bertz CT molecular complexity index is 795. The third-order valence-electron chi connectivity index (χ3n) is 5.17. The first kappa shape index (κ1) is 15.2. The summed E-state index contributed by atoms with van der Waals surface area (Å²) in [4.78, 5) is 29.3. The number of aromatic nitrogens is 2. The Morgan fingerprint density at radius 1 is 1.12 bits per heavy atom. The molecule has 2 aromatic rings. The number of aromatic amines is 1. The summed E-state index contributed by atoms with van der Waals surface area (Å²) in [6.07, 6.45) is 3.73. The van der Waals surface area contributed by atoms with Gasteiger partial charge in [-0.1, -0.05) is 6.07 Å². The molecule has 1 N–H and O–H groups in total. The minimum atomic E-state index is 0.0126. The fraction of sp³-hybridized carbons (Fsp3) is 0.500. The average molecular weight is 326 g/mol. The molecule has 6 heteroatoms. The van der Waals surface area contributed by atoms with Crippen molar-refractivity contribution >= 4 is 22.7 Å². The number of fused-ring (bicyclic) bond motifs is 1. The number of nitrogens with zero attached hydrogens (tertiary/aromatic N) is 3. The second-order valence-electron chi connectivity index (χ2n) is 7.06. The van der Waals surface area contributed by atoms with Gasteiger partial charge < -0.3 is 9.80 Å². The van der Waals surface area contributed by atoms with Crippen molar-refractivity contribution in [3.8, 4) is 0 Å². The molecule has 0 bridgehead atoms. The summed E-state index contributed by atoms with van der Waals surface area (Å²) < 4.78 is 0. The normalized spacial score (nSPS) is 24.4. The van der Waals surface area contributed by atoms with Crippen LogP contribution >= 0.6 is 0 Å². The molecule has 2 aliphatic rings. The first-order valence-electron chi connectivity index (χ1n) is 8.60. The number of nitrogens with one attached hydrogen (secondary N) is 1. The van der Waals surface area contributed by atoms with Crippen LogP contribution in [0.2, 0.25) is 0 Å². The summed E-state index contributed by atoms with van der Waals surface area (Å²) in [6.45, 7) is 5.24. The molecule has 6 nitrogen and oxygen atoms in total. The van der Waals surface area contributed by atoms with Crippen molar-refractivity contribution in [3.63, 3.8) is 0 Å². The maximum atomic E-state index is 13.1. The van der Waals surface area contributed by atoms with Gasteiger partial charge in [-0.25, -0.2) is 0 Å². The molecule has 0 radical (unpaired) electrons. The summed E-state index contributed by atoms with van der Waals surface area (Å²) in [7, 11) is 0. The van der Waals surface area contributed by atoms with Gasteiger partial charge in [0.25, 0.3) is 5.91 Å². The summed E-state index contributed by atoms with van der Waals surface area (Å²) in [6, 6.07) is 5.70. The molecule has 1 aliphatic carbocycles. The monoisotopic (exact) mass is 326 g/mol. The van der Waals surface area contributed by atoms with E-state index in [1.807, 2.05) is 41.8 Å². The zero-order valence-electron chi connectivity index (χ0n) is 14.0. The molecule has 2 heterocycles. The Kier molecular flexibility index (Phi) is 3.55. The van der Waals surface area contributed by atoms with E-state index < -0.39 is 0 Å². The van der Waals surface area contributed by atoms with Crippen molar-refractivity contribution in [3.05, 3.63) is 30.0 Å². The number of carbonyl (C=O) groups excluding carboxylic acids is 2. The lowest BCUT2D eigenvalue weighted by molar-refractivity contribution is -0.137. The van der Waals surface area contributed by atoms with E-state index in [-0.39, 0.29) is 29.8 Å². The molecule has 2 amide bonds. The zero-order valence-corrected chi connectivity index (χ0v) is 14.0. The summed E-state index contributed by atoms with van der Waals surface area (Å²) in [5.41, 5.74) is 1.53. The molecule has 1 saturated carbocycles. The van der Waals surface area contributed by atoms with Gasteiger partial charge in [-0.2, -0.15) is 5.10 Å². The maximum absolute atomic E-state index is 13.1. The standard InChI is InChI=1S/C18H22N4O2/c1-11-10-22(12(2)9-21(11)17(23)13-6-7-13)18(24)14-4-3-5-16-15(14)8-19-20-16/h3-5,8,11-13H,6-7,9-10H2,1-2H3,(H,19,20). The molecule has 0 spiro atoms. The molecule has 2 fully saturated rings. The van der Waals surface area contributed by atoms with E-state index in [9.17, 15) is 9.59 Å². The van der Waals surface area contributed by atoms with Crippen LogP contribution in [0.4, 0.5) is 0 Å². The zero-order chi connectivity index (χ0) is 16.8. The molecule has 24 heavy (non-hydrogen) atoms. The number of hydrogen-bond donors (Lipinski definition) is 1. The first-order valence-corrected chi connectivity index (χ1v) is 8.60. The summed E-state index contributed by atoms with van der Waals surface area (Å²) in [5.74, 6) is 0.500. The van der Waals surface area contributed by atoms with E-state index in [0.717, 1.165) is 23.7 Å². The highest BCUT2D eigenvalue weighted by Gasteiger charge is 2.40. The van der Waals surface area contributed by atoms with Gasteiger partial charge in [0.15, 0.2) is 0 Å². The number of H-pyrrole nitrogens is 1. The third-order valence-corrected chi connectivity index (χ3v) is 5.17. The van der Waals surface area contributed by atoms with Crippen LogP contribution in [0.25, 0.3) is 10.9 Å². The predicted octanol–water partition coefficient (Wildman–Crippen LogP) is 2.03. The Morgan fingerprint density at radius 3 is 2.58 bits per heavy atom. The van der Waals surface area contributed by atoms with Gasteiger partial charge in [-0.3, -0.25) is 14.7 Å². The minimum absolute atomic E-state index is 0.0126. The van der Waals surface area contributed by atoms with Gasteiger partial charge in [0, 0.05) is 36.5 Å². The van der Waals surface area contributed by atoms with E-state index in [0.29, 0.717) is 18.7 Å². The summed E-state index contributed by atoms with van der Waals surface area (Å²) in [5, 5.41) is 7.79. The molecule has 2 unspecified atom stereocenters. The molecule has 1 aliphatic heterocycles. The Labute approximate surface area is 140 Å². The fourth-order valence-corrected chi connectivity index (χ4v) is 3.59. The number of rotatable bonds is 2. The number of benzene rings is 1. The SMILES string of the molecule is CC1CN(C(=O)C2CC2)C(C)CN1C(=O)c1cccc2[nH]ncc12. The quantitative estimate of drug-likeness (QED) is 0.918. The van der Waals surface area contributed by atoms with Gasteiger partial charge in [0.1, 0.15) is 0 Å². The van der Waals surface area contributed by atoms with Gasteiger partial charge in [-0.15, -0.1) is 0 Å². The lowest BCUT2D eigenvalue weighted by Gasteiger charge is -2.44. The van der Waals surface area contributed by atoms with Crippen molar-refractivity contribution in [1.82, 2.24) is 20.0 Å². The van der Waals surface area contributed by atoms with Gasteiger partial charge in [0.05, 0.1) is 17.3 Å². The lowest BCUT2D eigenvalue weighted by atomic mass is 10.0. The maximum Gasteiger partial charge on any atom is 0.254 e. The smallest absolute Gasteiger partial charge is 0.254 e.